The number of imidazole rings is 1. The van der Waals surface area contributed by atoms with Gasteiger partial charge in [0.2, 0.25) is 0 Å². The van der Waals surface area contributed by atoms with E-state index in [1.165, 1.54) is 23.4 Å². The Morgan fingerprint density at radius 1 is 1.31 bits per heavy atom. The maximum Gasteiger partial charge on any atom is 0.155 e. The lowest BCUT2D eigenvalue weighted by atomic mass is 9.93. The Balaban J connectivity index is 1.39. The van der Waals surface area contributed by atoms with E-state index in [4.69, 9.17) is 0 Å². The van der Waals surface area contributed by atoms with Crippen molar-refractivity contribution < 1.29 is 4.79 Å². The fraction of sp³-hybridized carbons (Fsp3) is 0.474. The van der Waals surface area contributed by atoms with Gasteiger partial charge in [0.05, 0.1) is 12.6 Å². The van der Waals surface area contributed by atoms with Crippen LogP contribution in [0.4, 0.5) is 0 Å². The number of Topliss-reactive ketones (excluding diaryl/α,β-unsaturated/α-hetero) is 1. The minimum absolute atomic E-state index is 0.172. The van der Waals surface area contributed by atoms with Gasteiger partial charge in [0.25, 0.3) is 0 Å². The van der Waals surface area contributed by atoms with E-state index in [0.717, 1.165) is 36.7 Å². The van der Waals surface area contributed by atoms with Crippen LogP contribution in [0.25, 0.3) is 5.65 Å². The largest absolute Gasteiger partial charge is 0.301 e. The third kappa shape index (κ3) is 3.99. The molecule has 0 radical (unpaired) electrons. The van der Waals surface area contributed by atoms with Crippen LogP contribution in [0.2, 0.25) is 0 Å². The second-order valence-corrected chi connectivity index (χ2v) is 8.30. The Morgan fingerprint density at radius 2 is 2.23 bits per heavy atom. The van der Waals surface area contributed by atoms with E-state index in [0.29, 0.717) is 12.3 Å². The van der Waals surface area contributed by atoms with Crippen LogP contribution in [0, 0.1) is 5.92 Å². The number of rotatable bonds is 6. The van der Waals surface area contributed by atoms with Crippen molar-refractivity contribution in [3.05, 3.63) is 46.6 Å². The smallest absolute Gasteiger partial charge is 0.155 e. The van der Waals surface area contributed by atoms with Crippen LogP contribution in [0.1, 0.15) is 35.3 Å². The van der Waals surface area contributed by atoms with E-state index >= 15 is 0 Å². The summed E-state index contributed by atoms with van der Waals surface area (Å²) in [5.74, 6) is 0.800. The predicted octanol–water partition coefficient (Wildman–Crippen LogP) is 2.77. The molecule has 0 saturated carbocycles. The van der Waals surface area contributed by atoms with Gasteiger partial charge in [0.1, 0.15) is 10.8 Å². The number of thiazole rings is 1. The summed E-state index contributed by atoms with van der Waals surface area (Å²) < 4.78 is 2.14. The number of ketones is 1. The molecule has 0 bridgehead atoms. The summed E-state index contributed by atoms with van der Waals surface area (Å²) in [7, 11) is 0. The molecule has 0 aliphatic carbocycles. The molecular formula is C19H23N5OS. The standard InChI is InChI=1S/C19H23N5OS/c1-14(25)7-19-22-10-17(26-19)13-23-5-2-3-15(12-23)8-16-9-20-11-18-21-4-6-24(16)18/h4,6,9-11,15H,2-3,5,7-8,12-13H2,1H3. The maximum absolute atomic E-state index is 11.2. The van der Waals surface area contributed by atoms with E-state index in [1.807, 2.05) is 24.8 Å². The van der Waals surface area contributed by atoms with Gasteiger partial charge in [-0.3, -0.25) is 14.7 Å². The molecule has 136 valence electrons. The molecule has 1 saturated heterocycles. The zero-order chi connectivity index (χ0) is 17.9. The third-order valence-corrected chi connectivity index (χ3v) is 5.86. The minimum atomic E-state index is 0.172. The van der Waals surface area contributed by atoms with Crippen LogP contribution in [-0.2, 0) is 24.2 Å². The molecular weight excluding hydrogens is 346 g/mol. The van der Waals surface area contributed by atoms with Crippen LogP contribution in [-0.4, -0.2) is 43.1 Å². The third-order valence-electron chi connectivity index (χ3n) is 4.87. The lowest BCUT2D eigenvalue weighted by Gasteiger charge is -2.32. The molecule has 1 aliphatic rings. The van der Waals surface area contributed by atoms with Gasteiger partial charge in [0.15, 0.2) is 5.65 Å². The first kappa shape index (κ1) is 17.3. The van der Waals surface area contributed by atoms with Crippen molar-refractivity contribution in [2.45, 2.75) is 39.2 Å². The summed E-state index contributed by atoms with van der Waals surface area (Å²) in [5, 5.41) is 0.930. The van der Waals surface area contributed by atoms with E-state index in [-0.39, 0.29) is 5.78 Å². The fourth-order valence-electron chi connectivity index (χ4n) is 3.75. The maximum atomic E-state index is 11.2. The number of piperidine rings is 1. The van der Waals surface area contributed by atoms with Crippen LogP contribution in [0.5, 0.6) is 0 Å². The molecule has 4 rings (SSSR count). The van der Waals surface area contributed by atoms with Crippen molar-refractivity contribution in [3.8, 4) is 0 Å². The van der Waals surface area contributed by atoms with E-state index < -0.39 is 0 Å². The molecule has 7 heteroatoms. The predicted molar refractivity (Wildman–Crippen MR) is 101 cm³/mol. The molecule has 4 heterocycles. The fourth-order valence-corrected chi connectivity index (χ4v) is 4.79. The van der Waals surface area contributed by atoms with E-state index in [9.17, 15) is 4.79 Å². The number of fused-ring (bicyclic) bond motifs is 1. The summed E-state index contributed by atoms with van der Waals surface area (Å²) in [6.45, 7) is 4.76. The van der Waals surface area contributed by atoms with Crippen molar-refractivity contribution in [3.63, 3.8) is 0 Å². The first-order valence-corrected chi connectivity index (χ1v) is 9.90. The van der Waals surface area contributed by atoms with Crippen LogP contribution < -0.4 is 0 Å². The SMILES string of the molecule is CC(=O)Cc1ncc(CN2CCCC(Cc3cncc4nccn34)C2)s1. The van der Waals surface area contributed by atoms with Gasteiger partial charge < -0.3 is 4.40 Å². The summed E-state index contributed by atoms with van der Waals surface area (Å²) in [6.07, 6.45) is 13.5. The highest BCUT2D eigenvalue weighted by atomic mass is 32.1. The molecule has 0 amide bonds. The average Bonchev–Trinajstić information content (AvgIpc) is 3.25. The van der Waals surface area contributed by atoms with Gasteiger partial charge in [-0.15, -0.1) is 11.3 Å². The normalized spacial score (nSPS) is 18.4. The minimum Gasteiger partial charge on any atom is -0.301 e. The van der Waals surface area contributed by atoms with Crippen LogP contribution in [0.3, 0.4) is 0 Å². The molecule has 1 unspecified atom stereocenters. The number of hydrogen-bond acceptors (Lipinski definition) is 6. The number of aromatic nitrogens is 4. The summed E-state index contributed by atoms with van der Waals surface area (Å²) in [4.78, 5) is 28.1. The van der Waals surface area contributed by atoms with Gasteiger partial charge >= 0.3 is 0 Å². The van der Waals surface area contributed by atoms with Gasteiger partial charge in [-0.05, 0) is 38.6 Å². The number of carbonyl (C=O) groups is 1. The van der Waals surface area contributed by atoms with Gasteiger partial charge in [0, 0.05) is 48.4 Å². The van der Waals surface area contributed by atoms with Crippen molar-refractivity contribution in [1.82, 2.24) is 24.3 Å². The molecule has 1 fully saturated rings. The molecule has 1 atom stereocenters. The van der Waals surface area contributed by atoms with Gasteiger partial charge in [-0.1, -0.05) is 0 Å². The first-order valence-electron chi connectivity index (χ1n) is 9.08. The van der Waals surface area contributed by atoms with Crippen LogP contribution in [0.15, 0.2) is 31.0 Å². The molecule has 3 aromatic heterocycles. The zero-order valence-electron chi connectivity index (χ0n) is 15.0. The monoisotopic (exact) mass is 369 g/mol. The number of hydrogen-bond donors (Lipinski definition) is 0. The quantitative estimate of drug-likeness (QED) is 0.668. The Labute approximate surface area is 156 Å². The highest BCUT2D eigenvalue weighted by molar-refractivity contribution is 7.11. The molecule has 0 spiro atoms. The van der Waals surface area contributed by atoms with Crippen molar-refractivity contribution >= 4 is 22.8 Å². The topological polar surface area (TPSA) is 63.4 Å². The number of likely N-dealkylation sites (tertiary alicyclic amines) is 1. The lowest BCUT2D eigenvalue weighted by Crippen LogP contribution is -2.35. The molecule has 1 aliphatic heterocycles. The highest BCUT2D eigenvalue weighted by Crippen LogP contribution is 2.24. The number of carbonyl (C=O) groups excluding carboxylic acids is 1. The van der Waals surface area contributed by atoms with Crippen molar-refractivity contribution in [2.24, 2.45) is 5.92 Å². The van der Waals surface area contributed by atoms with Gasteiger partial charge in [-0.2, -0.15) is 0 Å². The lowest BCUT2D eigenvalue weighted by molar-refractivity contribution is -0.116. The Morgan fingerprint density at radius 3 is 3.12 bits per heavy atom. The summed E-state index contributed by atoms with van der Waals surface area (Å²) in [6, 6.07) is 0. The molecule has 0 N–H and O–H groups in total. The Kier molecular flexibility index (Phi) is 5.08. The van der Waals surface area contributed by atoms with Gasteiger partial charge in [-0.25, -0.2) is 9.97 Å². The highest BCUT2D eigenvalue weighted by Gasteiger charge is 2.22. The first-order chi connectivity index (χ1) is 12.7. The molecule has 26 heavy (non-hydrogen) atoms. The molecule has 0 aromatic carbocycles. The second-order valence-electron chi connectivity index (χ2n) is 7.10. The summed E-state index contributed by atoms with van der Waals surface area (Å²) >= 11 is 1.67. The second kappa shape index (κ2) is 7.63. The zero-order valence-corrected chi connectivity index (χ0v) is 15.8. The Bertz CT molecular complexity index is 902. The van der Waals surface area contributed by atoms with Crippen molar-refractivity contribution in [1.29, 1.82) is 0 Å². The van der Waals surface area contributed by atoms with Crippen LogP contribution >= 0.6 is 11.3 Å². The molecule has 3 aromatic rings. The van der Waals surface area contributed by atoms with E-state index in [2.05, 4.69) is 24.3 Å². The summed E-state index contributed by atoms with van der Waals surface area (Å²) in [5.41, 5.74) is 2.14. The molecule has 6 nitrogen and oxygen atoms in total. The number of nitrogens with zero attached hydrogens (tertiary/aromatic N) is 5. The Hall–Kier alpha value is -2.12. The average molecular weight is 369 g/mol. The van der Waals surface area contributed by atoms with Crippen molar-refractivity contribution in [2.75, 3.05) is 13.1 Å². The van der Waals surface area contributed by atoms with E-state index in [1.54, 1.807) is 24.5 Å².